The second-order valence-corrected chi connectivity index (χ2v) is 0.905. The molecule has 0 aromatic carbocycles. The lowest BCUT2D eigenvalue weighted by molar-refractivity contribution is 0.569. The first-order chi connectivity index (χ1) is 3.41. The highest BCUT2D eigenvalue weighted by molar-refractivity contribution is 5.48. The van der Waals surface area contributed by atoms with E-state index in [1.807, 2.05) is 0 Å². The molecule has 1 nitrogen and oxygen atoms in total. The van der Waals surface area contributed by atoms with Crippen LogP contribution in [0.5, 0.6) is 0 Å². The molecule has 0 aromatic heterocycles. The molecule has 36 valence electrons. The number of rotatable bonds is 2. The Morgan fingerprint density at radius 2 is 2.14 bits per heavy atom. The van der Waals surface area contributed by atoms with Crippen LogP contribution in [0.25, 0.3) is 0 Å². The number of allylic oxidation sites excluding steroid dienone is 4. The summed E-state index contributed by atoms with van der Waals surface area (Å²) in [6, 6.07) is 0. The largest absolute Gasteiger partial charge is 0.234 e. The lowest BCUT2D eigenvalue weighted by atomic mass is 10.5. The predicted octanol–water partition coefficient (Wildman–Crippen LogP) is 1.12. The van der Waals surface area contributed by atoms with Gasteiger partial charge in [-0.15, -0.1) is 0 Å². The van der Waals surface area contributed by atoms with E-state index in [9.17, 15) is 4.79 Å². The zero-order valence-electron chi connectivity index (χ0n) is 3.92. The molecule has 0 N–H and O–H groups in total. The minimum atomic E-state index is 1.28. The van der Waals surface area contributed by atoms with Gasteiger partial charge >= 0.3 is 0 Å². The Balaban J connectivity index is 3.47. The Kier molecular flexibility index (Phi) is 4.18. The molecule has 0 atom stereocenters. The molecule has 0 saturated heterocycles. The van der Waals surface area contributed by atoms with Crippen molar-refractivity contribution in [1.29, 1.82) is 0 Å². The molecule has 0 saturated carbocycles. The van der Waals surface area contributed by atoms with Gasteiger partial charge in [-0.05, 0) is 0 Å². The van der Waals surface area contributed by atoms with Crippen LogP contribution >= 0.6 is 0 Å². The molecule has 0 bridgehead atoms. The van der Waals surface area contributed by atoms with E-state index in [4.69, 9.17) is 0 Å². The molecule has 0 rings (SSSR count). The lowest BCUT2D eigenvalue weighted by Crippen LogP contribution is -1.45. The average Bonchev–Trinajstić information content (AvgIpc) is 1.69. The standard InChI is InChI=1S/C6H6O/c1-2-3-4-5-6-7/h2-5H,1H2/b4-3-. The van der Waals surface area contributed by atoms with Crippen LogP contribution in [0.2, 0.25) is 0 Å². The summed E-state index contributed by atoms with van der Waals surface area (Å²) in [6.45, 7) is 3.40. The summed E-state index contributed by atoms with van der Waals surface area (Å²) < 4.78 is 0. The highest BCUT2D eigenvalue weighted by atomic mass is 16.1. The van der Waals surface area contributed by atoms with E-state index in [1.165, 1.54) is 6.08 Å². The van der Waals surface area contributed by atoms with Gasteiger partial charge in [-0.1, -0.05) is 24.8 Å². The normalized spacial score (nSPS) is 8.00. The quantitative estimate of drug-likeness (QED) is 0.370. The molecule has 0 aliphatic carbocycles. The van der Waals surface area contributed by atoms with Gasteiger partial charge in [0.05, 0.1) is 0 Å². The van der Waals surface area contributed by atoms with Crippen molar-refractivity contribution >= 4 is 5.94 Å². The molecule has 0 radical (unpaired) electrons. The summed E-state index contributed by atoms with van der Waals surface area (Å²) in [5.74, 6) is 1.59. The number of hydrogen-bond acceptors (Lipinski definition) is 1. The van der Waals surface area contributed by atoms with E-state index >= 15 is 0 Å². The maximum absolute atomic E-state index is 9.41. The highest BCUT2D eigenvalue weighted by Gasteiger charge is 1.53. The highest BCUT2D eigenvalue weighted by Crippen LogP contribution is 1.69. The Morgan fingerprint density at radius 3 is 2.57 bits per heavy atom. The molecule has 0 aliphatic rings. The van der Waals surface area contributed by atoms with Crippen molar-refractivity contribution < 1.29 is 4.79 Å². The molecule has 0 heterocycles. The zero-order valence-corrected chi connectivity index (χ0v) is 3.92. The van der Waals surface area contributed by atoms with Crippen LogP contribution in [0.15, 0.2) is 30.9 Å². The van der Waals surface area contributed by atoms with Gasteiger partial charge in [0, 0.05) is 6.08 Å². The third-order valence-corrected chi connectivity index (χ3v) is 0.411. The second kappa shape index (κ2) is 4.93. The van der Waals surface area contributed by atoms with Crippen LogP contribution < -0.4 is 0 Å². The van der Waals surface area contributed by atoms with Crippen LogP contribution in [0, 0.1) is 0 Å². The zero-order chi connectivity index (χ0) is 5.54. The van der Waals surface area contributed by atoms with Crippen molar-refractivity contribution in [3.63, 3.8) is 0 Å². The maximum Gasteiger partial charge on any atom is 0.124 e. The van der Waals surface area contributed by atoms with Crippen molar-refractivity contribution in [2.24, 2.45) is 0 Å². The molecule has 0 spiro atoms. The smallest absolute Gasteiger partial charge is 0.124 e. The molecule has 0 amide bonds. The maximum atomic E-state index is 9.41. The topological polar surface area (TPSA) is 17.1 Å². The van der Waals surface area contributed by atoms with Crippen LogP contribution in [0.1, 0.15) is 0 Å². The summed E-state index contributed by atoms with van der Waals surface area (Å²) in [7, 11) is 0. The Labute approximate surface area is 42.7 Å². The summed E-state index contributed by atoms with van der Waals surface area (Å²) in [5.41, 5.74) is 0. The molecule has 7 heavy (non-hydrogen) atoms. The van der Waals surface area contributed by atoms with E-state index in [-0.39, 0.29) is 0 Å². The number of hydrogen-bond donors (Lipinski definition) is 0. The Bertz CT molecular complexity index is 116. The van der Waals surface area contributed by atoms with Crippen molar-refractivity contribution in [2.75, 3.05) is 0 Å². The molecule has 0 aliphatic heterocycles. The van der Waals surface area contributed by atoms with Gasteiger partial charge in [0.25, 0.3) is 0 Å². The van der Waals surface area contributed by atoms with Crippen LogP contribution in [-0.4, -0.2) is 5.94 Å². The Morgan fingerprint density at radius 1 is 1.43 bits per heavy atom. The fourth-order valence-corrected chi connectivity index (χ4v) is 0.173. The minimum absolute atomic E-state index is 1.28. The first-order valence-corrected chi connectivity index (χ1v) is 1.90. The third kappa shape index (κ3) is 4.93. The summed E-state index contributed by atoms with van der Waals surface area (Å²) in [6.07, 6.45) is 6.10. The van der Waals surface area contributed by atoms with Crippen LogP contribution in [-0.2, 0) is 4.79 Å². The van der Waals surface area contributed by atoms with E-state index in [0.29, 0.717) is 0 Å². The fourth-order valence-electron chi connectivity index (χ4n) is 0.173. The van der Waals surface area contributed by atoms with Crippen molar-refractivity contribution in [3.05, 3.63) is 30.9 Å². The lowest BCUT2D eigenvalue weighted by Gasteiger charge is -1.59. The predicted molar refractivity (Wildman–Crippen MR) is 29.6 cm³/mol. The van der Waals surface area contributed by atoms with Gasteiger partial charge in [-0.25, -0.2) is 4.79 Å². The molecule has 0 aromatic rings. The van der Waals surface area contributed by atoms with Gasteiger partial charge in [0.15, 0.2) is 0 Å². The van der Waals surface area contributed by atoms with Crippen molar-refractivity contribution in [1.82, 2.24) is 0 Å². The molecule has 0 unspecified atom stereocenters. The van der Waals surface area contributed by atoms with Gasteiger partial charge in [0.2, 0.25) is 0 Å². The minimum Gasteiger partial charge on any atom is -0.234 e. The summed E-state index contributed by atoms with van der Waals surface area (Å²) in [5, 5.41) is 0. The van der Waals surface area contributed by atoms with Crippen molar-refractivity contribution in [2.45, 2.75) is 0 Å². The first kappa shape index (κ1) is 5.93. The monoisotopic (exact) mass is 94.0 g/mol. The van der Waals surface area contributed by atoms with Crippen molar-refractivity contribution in [3.8, 4) is 0 Å². The van der Waals surface area contributed by atoms with E-state index < -0.39 is 0 Å². The first-order valence-electron chi connectivity index (χ1n) is 1.90. The van der Waals surface area contributed by atoms with Gasteiger partial charge in [-0.3, -0.25) is 0 Å². The van der Waals surface area contributed by atoms with Crippen LogP contribution in [0.4, 0.5) is 0 Å². The van der Waals surface area contributed by atoms with Crippen LogP contribution in [0.3, 0.4) is 0 Å². The fraction of sp³-hybridized carbons (Fsp3) is 0. The van der Waals surface area contributed by atoms with E-state index in [1.54, 1.807) is 24.2 Å². The van der Waals surface area contributed by atoms with E-state index in [2.05, 4.69) is 6.58 Å². The van der Waals surface area contributed by atoms with E-state index in [0.717, 1.165) is 0 Å². The van der Waals surface area contributed by atoms with Gasteiger partial charge < -0.3 is 0 Å². The van der Waals surface area contributed by atoms with Gasteiger partial charge in [0.1, 0.15) is 5.94 Å². The second-order valence-electron chi connectivity index (χ2n) is 0.905. The van der Waals surface area contributed by atoms with Gasteiger partial charge in [-0.2, -0.15) is 0 Å². The Hall–Kier alpha value is -1.07. The summed E-state index contributed by atoms with van der Waals surface area (Å²) in [4.78, 5) is 9.41. The molecule has 0 fully saturated rings. The average molecular weight is 94.1 g/mol. The summed E-state index contributed by atoms with van der Waals surface area (Å²) >= 11 is 0. The molecular weight excluding hydrogens is 88.1 g/mol. The molecule has 1 heteroatoms. The SMILES string of the molecule is C=C/C=C\C=C=O. The third-order valence-electron chi connectivity index (χ3n) is 0.411. The molecular formula is C6H6O. The number of carbonyl (C=O) groups excluding carboxylic acids is 1.